The van der Waals surface area contributed by atoms with Gasteiger partial charge in [-0.2, -0.15) is 0 Å². The molecule has 16 heteroatoms. The molecule has 0 bridgehead atoms. The molecule has 2 aliphatic rings. The third kappa shape index (κ3) is 13.8. The number of amides is 7. The van der Waals surface area contributed by atoms with Crippen molar-refractivity contribution in [3.8, 4) is 0 Å². The lowest BCUT2D eigenvalue weighted by atomic mass is 9.98. The summed E-state index contributed by atoms with van der Waals surface area (Å²) in [6.45, 7) is 17.4. The number of fused-ring (bicyclic) bond motifs is 1. The fraction of sp³-hybridized carbons (Fsp3) is 0.682. The van der Waals surface area contributed by atoms with Crippen LogP contribution in [0.2, 0.25) is 0 Å². The molecular formula is C44H69N7O9. The molecule has 2 aliphatic heterocycles. The summed E-state index contributed by atoms with van der Waals surface area (Å²) < 4.78 is 5.88. The maximum Gasteiger partial charge on any atom is 0.329 e. The molecule has 2 heterocycles. The van der Waals surface area contributed by atoms with Crippen LogP contribution in [0.4, 0.5) is 0 Å². The van der Waals surface area contributed by atoms with Gasteiger partial charge < -0.3 is 41.5 Å². The van der Waals surface area contributed by atoms with Crippen LogP contribution in [-0.4, -0.2) is 107 Å². The van der Waals surface area contributed by atoms with Gasteiger partial charge in [0.2, 0.25) is 41.4 Å². The second-order valence-corrected chi connectivity index (χ2v) is 17.5. The molecule has 8 atom stereocenters. The van der Waals surface area contributed by atoms with Crippen LogP contribution < -0.4 is 31.9 Å². The average Bonchev–Trinajstić information content (AvgIpc) is 3.68. The van der Waals surface area contributed by atoms with Crippen LogP contribution >= 0.6 is 0 Å². The van der Waals surface area contributed by atoms with Crippen molar-refractivity contribution < 1.29 is 43.1 Å². The Balaban J connectivity index is 2.15. The van der Waals surface area contributed by atoms with Gasteiger partial charge in [0.15, 0.2) is 0 Å². The van der Waals surface area contributed by atoms with Gasteiger partial charge >= 0.3 is 5.97 Å². The Hall–Kier alpha value is -5.02. The first-order valence-electron chi connectivity index (χ1n) is 21.6. The number of benzene rings is 1. The Labute approximate surface area is 355 Å². The molecule has 0 radical (unpaired) electrons. The van der Waals surface area contributed by atoms with Crippen LogP contribution in [-0.2, 0) is 49.5 Å². The minimum absolute atomic E-state index is 0.0165. The van der Waals surface area contributed by atoms with Gasteiger partial charge in [0.25, 0.3) is 0 Å². The first-order valence-corrected chi connectivity index (χ1v) is 21.6. The largest absolute Gasteiger partial charge is 0.458 e. The quantitative estimate of drug-likeness (QED) is 0.127. The molecule has 0 aromatic heterocycles. The minimum atomic E-state index is -1.58. The third-order valence-corrected chi connectivity index (χ3v) is 11.1. The standard InChI is InChI=1S/C44H69N7O9/c1-11-12-14-21-32(52)46-33(24(2)3)39(54)50-37-28(10)60-44(59)36(27(8)9)49-41(56)35(26(6)7)48-40(55)34(25(4)5)47-38(53)31-20-17-22-51(31)43(58)30(45-42(37)57)23-29-18-15-13-16-19-29/h13,15-16,18-19,24-28,30-31,33-37H,11-12,14,17,20-23H2,1-10H3,(H,45,57)(H,46,52)(H,47,53)(H,48,55)(H,49,56)(H,50,54)/t28-,30-,31+,33+,34+,35+,36+,37+/m1/s1. The summed E-state index contributed by atoms with van der Waals surface area (Å²) in [6.07, 6.45) is 2.03. The number of nitrogens with zero attached hydrogens (tertiary/aromatic N) is 1. The monoisotopic (exact) mass is 840 g/mol. The molecule has 334 valence electrons. The van der Waals surface area contributed by atoms with Crippen molar-refractivity contribution in [3.63, 3.8) is 0 Å². The van der Waals surface area contributed by atoms with Crippen LogP contribution in [0.25, 0.3) is 0 Å². The topological polar surface area (TPSA) is 221 Å². The maximum atomic E-state index is 14.6. The van der Waals surface area contributed by atoms with E-state index in [0.29, 0.717) is 24.8 Å². The smallest absolute Gasteiger partial charge is 0.329 e. The predicted molar refractivity (Wildman–Crippen MR) is 226 cm³/mol. The Morgan fingerprint density at radius 2 is 1.33 bits per heavy atom. The number of carbonyl (C=O) groups excluding carboxylic acids is 8. The van der Waals surface area contributed by atoms with Crippen molar-refractivity contribution in [1.82, 2.24) is 36.8 Å². The number of nitrogens with one attached hydrogen (secondary N) is 6. The molecule has 3 rings (SSSR count). The molecule has 60 heavy (non-hydrogen) atoms. The molecule has 0 spiro atoms. The number of ether oxygens (including phenoxy) is 1. The molecule has 1 aromatic rings. The van der Waals surface area contributed by atoms with Gasteiger partial charge in [0.05, 0.1) is 0 Å². The highest BCUT2D eigenvalue weighted by Gasteiger charge is 2.43. The number of cyclic esters (lactones) is 1. The van der Waals surface area contributed by atoms with E-state index >= 15 is 0 Å². The van der Waals surface area contributed by atoms with Crippen LogP contribution in [0.1, 0.15) is 113 Å². The Kier molecular flexibility index (Phi) is 19.0. The van der Waals surface area contributed by atoms with Gasteiger partial charge in [-0.1, -0.05) is 105 Å². The number of esters is 1. The zero-order valence-electron chi connectivity index (χ0n) is 37.1. The van der Waals surface area contributed by atoms with E-state index in [2.05, 4.69) is 31.9 Å². The SMILES string of the molecule is CCCCCC(=O)N[C@H](C(=O)N[C@@H]1C(=O)N[C@H](Cc2ccccc2)C(=O)N2CCC[C@H]2C(=O)N[C@@H](C(C)C)C(=O)N[C@@H](C(C)C)C(=O)N[C@@H](C(C)C)C(=O)O[C@@H]1C)C(C)C. The molecule has 2 saturated heterocycles. The van der Waals surface area contributed by atoms with Crippen molar-refractivity contribution in [2.24, 2.45) is 23.7 Å². The van der Waals surface area contributed by atoms with E-state index in [4.69, 9.17) is 4.74 Å². The van der Waals surface area contributed by atoms with Crippen molar-refractivity contribution in [1.29, 1.82) is 0 Å². The Morgan fingerprint density at radius 3 is 1.88 bits per heavy atom. The van der Waals surface area contributed by atoms with E-state index in [1.807, 2.05) is 13.0 Å². The first kappa shape index (κ1) is 49.3. The fourth-order valence-electron chi connectivity index (χ4n) is 7.40. The predicted octanol–water partition coefficient (Wildman–Crippen LogP) is 2.28. The van der Waals surface area contributed by atoms with Crippen LogP contribution in [0.3, 0.4) is 0 Å². The average molecular weight is 840 g/mol. The van der Waals surface area contributed by atoms with Crippen LogP contribution in [0.15, 0.2) is 30.3 Å². The molecule has 6 N–H and O–H groups in total. The number of hydrogen-bond acceptors (Lipinski definition) is 9. The van der Waals surface area contributed by atoms with E-state index in [-0.39, 0.29) is 25.3 Å². The van der Waals surface area contributed by atoms with Crippen molar-refractivity contribution in [2.45, 2.75) is 163 Å². The molecule has 1 aromatic carbocycles. The first-order chi connectivity index (χ1) is 28.3. The summed E-state index contributed by atoms with van der Waals surface area (Å²) in [5.74, 6) is -6.96. The highest BCUT2D eigenvalue weighted by molar-refractivity contribution is 5.98. The van der Waals surface area contributed by atoms with Crippen molar-refractivity contribution >= 4 is 47.3 Å². The van der Waals surface area contributed by atoms with Crippen molar-refractivity contribution in [2.75, 3.05) is 6.54 Å². The second-order valence-electron chi connectivity index (χ2n) is 17.5. The van der Waals surface area contributed by atoms with Gasteiger partial charge in [0.1, 0.15) is 48.4 Å². The molecule has 0 aliphatic carbocycles. The third-order valence-electron chi connectivity index (χ3n) is 11.1. The molecule has 16 nitrogen and oxygen atoms in total. The number of rotatable bonds is 13. The zero-order valence-corrected chi connectivity index (χ0v) is 37.1. The Bertz CT molecular complexity index is 1670. The number of unbranched alkanes of at least 4 members (excludes halogenated alkanes) is 2. The molecule has 0 unspecified atom stereocenters. The molecule has 0 saturated carbocycles. The molecular weight excluding hydrogens is 771 g/mol. The van der Waals surface area contributed by atoms with E-state index in [9.17, 15) is 38.4 Å². The highest BCUT2D eigenvalue weighted by atomic mass is 16.5. The van der Waals surface area contributed by atoms with Crippen LogP contribution in [0.5, 0.6) is 0 Å². The van der Waals surface area contributed by atoms with Gasteiger partial charge in [-0.3, -0.25) is 33.6 Å². The van der Waals surface area contributed by atoms with Gasteiger partial charge in [-0.05, 0) is 55.4 Å². The Morgan fingerprint density at radius 1 is 0.767 bits per heavy atom. The van der Waals surface area contributed by atoms with E-state index < -0.39 is 113 Å². The van der Waals surface area contributed by atoms with Gasteiger partial charge in [0, 0.05) is 19.4 Å². The lowest BCUT2D eigenvalue weighted by Crippen LogP contribution is -2.62. The summed E-state index contributed by atoms with van der Waals surface area (Å²) in [5.41, 5.74) is 0.701. The van der Waals surface area contributed by atoms with Gasteiger partial charge in [-0.15, -0.1) is 0 Å². The van der Waals surface area contributed by atoms with Crippen molar-refractivity contribution in [3.05, 3.63) is 35.9 Å². The van der Waals surface area contributed by atoms with E-state index in [1.54, 1.807) is 79.7 Å². The second kappa shape index (κ2) is 23.1. The molecule has 2 fully saturated rings. The lowest BCUT2D eigenvalue weighted by Gasteiger charge is -2.32. The normalized spacial score (nSPS) is 25.6. The number of hydrogen-bond donors (Lipinski definition) is 6. The number of carbonyl (C=O) groups is 8. The van der Waals surface area contributed by atoms with E-state index in [1.165, 1.54) is 11.8 Å². The summed E-state index contributed by atoms with van der Waals surface area (Å²) >= 11 is 0. The van der Waals surface area contributed by atoms with Crippen LogP contribution in [0, 0.1) is 23.7 Å². The fourth-order valence-corrected chi connectivity index (χ4v) is 7.40. The summed E-state index contributed by atoms with van der Waals surface area (Å²) in [7, 11) is 0. The summed E-state index contributed by atoms with van der Waals surface area (Å²) in [5, 5.41) is 16.6. The minimum Gasteiger partial charge on any atom is -0.458 e. The molecule has 7 amide bonds. The maximum absolute atomic E-state index is 14.6. The lowest BCUT2D eigenvalue weighted by molar-refractivity contribution is -0.157. The summed E-state index contributed by atoms with van der Waals surface area (Å²) in [6, 6.07) is 0.686. The zero-order chi connectivity index (χ0) is 44.8. The van der Waals surface area contributed by atoms with Gasteiger partial charge in [-0.25, -0.2) is 4.79 Å². The summed E-state index contributed by atoms with van der Waals surface area (Å²) in [4.78, 5) is 113. The highest BCUT2D eigenvalue weighted by Crippen LogP contribution is 2.22. The van der Waals surface area contributed by atoms with E-state index in [0.717, 1.165) is 12.8 Å².